The van der Waals surface area contributed by atoms with E-state index in [0.717, 1.165) is 6.61 Å². The zero-order valence-corrected chi connectivity index (χ0v) is 16.9. The number of rotatable bonds is 18. The third kappa shape index (κ3) is 21.9. The predicted molar refractivity (Wildman–Crippen MR) is 104 cm³/mol. The molecule has 0 N–H and O–H groups in total. The highest BCUT2D eigenvalue weighted by atomic mass is 16.7. The van der Waals surface area contributed by atoms with Gasteiger partial charge < -0.3 is 0 Å². The summed E-state index contributed by atoms with van der Waals surface area (Å²) in [6.45, 7) is 3.20. The molecule has 0 radical (unpaired) electrons. The maximum atomic E-state index is 5.69. The van der Waals surface area contributed by atoms with E-state index in [1.54, 1.807) is 0 Å². The molecule has 0 saturated heterocycles. The molecule has 0 fully saturated rings. The average molecular weight is 329 g/mol. The topological polar surface area (TPSA) is 9.23 Å². The summed E-state index contributed by atoms with van der Waals surface area (Å²) >= 11 is 0. The number of quaternary nitrogens is 1. The van der Waals surface area contributed by atoms with E-state index >= 15 is 0 Å². The van der Waals surface area contributed by atoms with Gasteiger partial charge in [0.1, 0.15) is 6.61 Å². The summed E-state index contributed by atoms with van der Waals surface area (Å²) in [6.07, 6.45) is 22.8. The molecule has 0 aromatic rings. The minimum atomic E-state index is 0.624. The predicted octanol–water partition coefficient (Wildman–Crippen LogP) is 6.89. The third-order valence-corrected chi connectivity index (χ3v) is 4.48. The molecule has 0 rings (SSSR count). The first-order valence-electron chi connectivity index (χ1n) is 10.5. The van der Waals surface area contributed by atoms with Gasteiger partial charge in [-0.25, -0.2) is 4.84 Å². The van der Waals surface area contributed by atoms with Crippen LogP contribution >= 0.6 is 0 Å². The molecule has 0 spiro atoms. The van der Waals surface area contributed by atoms with Crippen molar-refractivity contribution in [3.8, 4) is 0 Å². The van der Waals surface area contributed by atoms with Gasteiger partial charge in [0.15, 0.2) is 0 Å². The highest BCUT2D eigenvalue weighted by Crippen LogP contribution is 2.13. The van der Waals surface area contributed by atoms with Gasteiger partial charge >= 0.3 is 0 Å². The standard InChI is InChI=1S/C21H46NO/c1-5-6-7-8-9-10-11-12-13-14-15-16-17-18-19-20-21-23-22(2,3)4/h5-21H2,1-4H3/q+1. The summed E-state index contributed by atoms with van der Waals surface area (Å²) in [5, 5.41) is 0. The van der Waals surface area contributed by atoms with E-state index in [1.165, 1.54) is 103 Å². The largest absolute Gasteiger partial charge is 0.204 e. The molecular weight excluding hydrogens is 282 g/mol. The van der Waals surface area contributed by atoms with Crippen molar-refractivity contribution in [1.82, 2.24) is 0 Å². The van der Waals surface area contributed by atoms with Crippen LogP contribution in [0.15, 0.2) is 0 Å². The van der Waals surface area contributed by atoms with Crippen LogP contribution in [0.4, 0.5) is 0 Å². The maximum absolute atomic E-state index is 5.69. The molecule has 0 amide bonds. The quantitative estimate of drug-likeness (QED) is 0.151. The number of nitrogens with zero attached hydrogens (tertiary/aromatic N) is 1. The second-order valence-electron chi connectivity index (χ2n) is 8.03. The molecule has 0 aliphatic carbocycles. The van der Waals surface area contributed by atoms with Crippen molar-refractivity contribution in [2.45, 2.75) is 110 Å². The Morgan fingerprint density at radius 1 is 0.478 bits per heavy atom. The Kier molecular flexibility index (Phi) is 16.7. The highest BCUT2D eigenvalue weighted by Gasteiger charge is 2.06. The normalized spacial score (nSPS) is 12.0. The Morgan fingerprint density at radius 3 is 1.09 bits per heavy atom. The Bertz CT molecular complexity index is 222. The number of hydrogen-bond acceptors (Lipinski definition) is 1. The van der Waals surface area contributed by atoms with E-state index in [9.17, 15) is 0 Å². The van der Waals surface area contributed by atoms with Crippen LogP contribution in [0.5, 0.6) is 0 Å². The minimum absolute atomic E-state index is 0.624. The Balaban J connectivity index is 3.00. The molecule has 2 nitrogen and oxygen atoms in total. The van der Waals surface area contributed by atoms with E-state index in [2.05, 4.69) is 28.1 Å². The number of hydrogen-bond donors (Lipinski definition) is 0. The lowest BCUT2D eigenvalue weighted by atomic mass is 10.0. The van der Waals surface area contributed by atoms with E-state index in [1.807, 2.05) is 0 Å². The van der Waals surface area contributed by atoms with Gasteiger partial charge in [-0.05, 0) is 6.42 Å². The molecule has 0 aromatic carbocycles. The van der Waals surface area contributed by atoms with Crippen molar-refractivity contribution in [1.29, 1.82) is 0 Å². The van der Waals surface area contributed by atoms with Crippen LogP contribution in [0.3, 0.4) is 0 Å². The van der Waals surface area contributed by atoms with Crippen LogP contribution in [0.25, 0.3) is 0 Å². The third-order valence-electron chi connectivity index (χ3n) is 4.48. The fraction of sp³-hybridized carbons (Fsp3) is 1.00. The summed E-state index contributed by atoms with van der Waals surface area (Å²) in [6, 6.07) is 0. The smallest absolute Gasteiger partial charge is 0.106 e. The molecule has 0 heterocycles. The van der Waals surface area contributed by atoms with Crippen molar-refractivity contribution >= 4 is 0 Å². The monoisotopic (exact) mass is 328 g/mol. The lowest BCUT2D eigenvalue weighted by Gasteiger charge is -2.20. The van der Waals surface area contributed by atoms with E-state index in [4.69, 9.17) is 4.84 Å². The maximum Gasteiger partial charge on any atom is 0.106 e. The van der Waals surface area contributed by atoms with Crippen LogP contribution < -0.4 is 0 Å². The lowest BCUT2D eigenvalue weighted by molar-refractivity contribution is -1.06. The van der Waals surface area contributed by atoms with Crippen LogP contribution in [0, 0.1) is 0 Å². The van der Waals surface area contributed by atoms with Crippen molar-refractivity contribution in [2.75, 3.05) is 27.7 Å². The van der Waals surface area contributed by atoms with Gasteiger partial charge in [0.05, 0.1) is 21.1 Å². The Morgan fingerprint density at radius 2 is 0.783 bits per heavy atom. The molecule has 0 aromatic heterocycles. The van der Waals surface area contributed by atoms with Gasteiger partial charge in [0.2, 0.25) is 0 Å². The van der Waals surface area contributed by atoms with Gasteiger partial charge in [-0.3, -0.25) is 0 Å². The van der Waals surface area contributed by atoms with Gasteiger partial charge in [-0.1, -0.05) is 103 Å². The molecule has 0 atom stereocenters. The molecule has 0 saturated carbocycles. The summed E-state index contributed by atoms with van der Waals surface area (Å²) < 4.78 is 0.624. The van der Waals surface area contributed by atoms with Gasteiger partial charge in [0, 0.05) is 0 Å². The van der Waals surface area contributed by atoms with E-state index in [0.29, 0.717) is 4.65 Å². The summed E-state index contributed by atoms with van der Waals surface area (Å²) in [4.78, 5) is 5.69. The molecule has 0 aliphatic rings. The van der Waals surface area contributed by atoms with E-state index < -0.39 is 0 Å². The minimum Gasteiger partial charge on any atom is -0.204 e. The summed E-state index contributed by atoms with van der Waals surface area (Å²) in [7, 11) is 6.23. The molecule has 140 valence electrons. The molecule has 0 bridgehead atoms. The first-order chi connectivity index (χ1) is 11.1. The summed E-state index contributed by atoms with van der Waals surface area (Å²) in [5.41, 5.74) is 0. The number of hydroxylamine groups is 3. The second-order valence-corrected chi connectivity index (χ2v) is 8.03. The zero-order chi connectivity index (χ0) is 17.2. The molecule has 2 heteroatoms. The Hall–Kier alpha value is -0.0800. The zero-order valence-electron chi connectivity index (χ0n) is 16.9. The second kappa shape index (κ2) is 16.8. The van der Waals surface area contributed by atoms with Crippen molar-refractivity contribution in [3.05, 3.63) is 0 Å². The van der Waals surface area contributed by atoms with Crippen molar-refractivity contribution < 1.29 is 9.48 Å². The van der Waals surface area contributed by atoms with Crippen molar-refractivity contribution in [3.63, 3.8) is 0 Å². The fourth-order valence-corrected chi connectivity index (χ4v) is 2.99. The molecule has 0 unspecified atom stereocenters. The lowest BCUT2D eigenvalue weighted by Crippen LogP contribution is -2.34. The van der Waals surface area contributed by atoms with Crippen molar-refractivity contribution in [2.24, 2.45) is 0 Å². The van der Waals surface area contributed by atoms with Crippen LogP contribution in [-0.4, -0.2) is 32.4 Å². The Labute approximate surface area is 147 Å². The first-order valence-corrected chi connectivity index (χ1v) is 10.5. The SMILES string of the molecule is CCCCCCCCCCCCCCCCCCO[N+](C)(C)C. The van der Waals surface area contributed by atoms with Gasteiger partial charge in [0.25, 0.3) is 0 Å². The molecule has 0 aliphatic heterocycles. The molecular formula is C21H46NO+. The van der Waals surface area contributed by atoms with Crippen LogP contribution in [0.1, 0.15) is 110 Å². The average Bonchev–Trinajstić information content (AvgIpc) is 2.49. The highest BCUT2D eigenvalue weighted by molar-refractivity contribution is 4.49. The van der Waals surface area contributed by atoms with E-state index in [-0.39, 0.29) is 0 Å². The summed E-state index contributed by atoms with van der Waals surface area (Å²) in [5.74, 6) is 0. The van der Waals surface area contributed by atoms with Gasteiger partial charge in [-0.15, -0.1) is 0 Å². The number of unbranched alkanes of at least 4 members (excludes halogenated alkanes) is 15. The van der Waals surface area contributed by atoms with Crippen LogP contribution in [-0.2, 0) is 4.84 Å². The molecule has 23 heavy (non-hydrogen) atoms. The first kappa shape index (κ1) is 22.9. The van der Waals surface area contributed by atoms with Gasteiger partial charge in [-0.2, -0.15) is 4.65 Å². The van der Waals surface area contributed by atoms with Crippen LogP contribution in [0.2, 0.25) is 0 Å². The fourth-order valence-electron chi connectivity index (χ4n) is 2.99.